The first-order chi connectivity index (χ1) is 18.4. The first-order valence-corrected chi connectivity index (χ1v) is 12.1. The Morgan fingerprint density at radius 3 is 2.61 bits per heavy atom. The molecular weight excluding hydrogens is 488 g/mol. The molecule has 9 heteroatoms. The fraction of sp³-hybridized carbons (Fsp3) is 0.207. The minimum atomic E-state index is -0.523. The molecule has 1 aliphatic carbocycles. The zero-order chi connectivity index (χ0) is 26.8. The molecule has 2 aromatic heterocycles. The minimum Gasteiger partial charge on any atom is -0.465 e. The molecule has 4 aromatic rings. The van der Waals surface area contributed by atoms with Crippen LogP contribution < -0.4 is 0 Å². The number of esters is 2. The van der Waals surface area contributed by atoms with Crippen LogP contribution in [0.1, 0.15) is 61.9 Å². The molecule has 192 valence electrons. The summed E-state index contributed by atoms with van der Waals surface area (Å²) in [7, 11) is 1.29. The van der Waals surface area contributed by atoms with Crippen molar-refractivity contribution in [2.24, 2.45) is 0 Å². The topological polar surface area (TPSA) is 122 Å². The molecule has 9 nitrogen and oxygen atoms in total. The van der Waals surface area contributed by atoms with Crippen LogP contribution in [0.4, 0.5) is 5.69 Å². The molecule has 0 amide bonds. The van der Waals surface area contributed by atoms with E-state index in [-0.39, 0.29) is 17.9 Å². The van der Waals surface area contributed by atoms with E-state index in [1.165, 1.54) is 25.3 Å². The van der Waals surface area contributed by atoms with Crippen molar-refractivity contribution in [3.05, 3.63) is 104 Å². The molecule has 1 aliphatic rings. The van der Waals surface area contributed by atoms with Crippen molar-refractivity contribution in [2.45, 2.75) is 32.8 Å². The fourth-order valence-electron chi connectivity index (χ4n) is 4.74. The zero-order valence-corrected chi connectivity index (χ0v) is 20.9. The number of benzene rings is 2. The Labute approximate surface area is 217 Å². The number of nitro groups is 1. The van der Waals surface area contributed by atoms with Crippen LogP contribution in [-0.2, 0) is 22.5 Å². The molecule has 0 radical (unpaired) electrons. The van der Waals surface area contributed by atoms with Crippen LogP contribution in [0.3, 0.4) is 0 Å². The highest BCUT2D eigenvalue weighted by molar-refractivity contribution is 6.06. The van der Waals surface area contributed by atoms with Gasteiger partial charge >= 0.3 is 11.9 Å². The highest BCUT2D eigenvalue weighted by Gasteiger charge is 2.26. The number of pyridine rings is 1. The summed E-state index contributed by atoms with van der Waals surface area (Å²) in [5.41, 5.74) is 4.72. The molecule has 0 fully saturated rings. The van der Waals surface area contributed by atoms with Crippen LogP contribution in [0.25, 0.3) is 22.6 Å². The molecule has 0 bridgehead atoms. The lowest BCUT2D eigenvalue weighted by Crippen LogP contribution is -2.15. The number of methoxy groups -OCH3 is 1. The van der Waals surface area contributed by atoms with Gasteiger partial charge < -0.3 is 13.9 Å². The number of nitro benzene ring substituents is 1. The number of carbonyl (C=O) groups excluding carboxylic acids is 2. The number of rotatable bonds is 6. The number of aromatic nitrogens is 1. The maximum Gasteiger partial charge on any atom is 0.341 e. The van der Waals surface area contributed by atoms with E-state index in [0.29, 0.717) is 34.4 Å². The standard InChI is InChI=1S/C29H24N2O7/c1-17-24(28(32)36-2)15-21(38-17)16-37-29(33)26-22-7-3-4-9-25(22)30-27-19(6-5-8-23(26)27)14-18-10-12-20(13-11-18)31(34)35/h3-4,7,9-15H,5-6,8,16H2,1-2H3. The number of ether oxygens (including phenoxy) is 2. The largest absolute Gasteiger partial charge is 0.465 e. The summed E-state index contributed by atoms with van der Waals surface area (Å²) in [5, 5.41) is 11.7. The third kappa shape index (κ3) is 4.78. The van der Waals surface area contributed by atoms with Gasteiger partial charge in [-0.25, -0.2) is 14.6 Å². The Bertz CT molecular complexity index is 1600. The van der Waals surface area contributed by atoms with Crippen molar-refractivity contribution in [1.82, 2.24) is 4.98 Å². The average Bonchev–Trinajstić information content (AvgIpc) is 3.30. The average molecular weight is 513 g/mol. The molecule has 38 heavy (non-hydrogen) atoms. The van der Waals surface area contributed by atoms with Crippen molar-refractivity contribution < 1.29 is 28.4 Å². The number of hydrogen-bond donors (Lipinski definition) is 0. The molecule has 0 saturated heterocycles. The van der Waals surface area contributed by atoms with Gasteiger partial charge in [0.25, 0.3) is 5.69 Å². The Hall–Kier alpha value is -4.79. The van der Waals surface area contributed by atoms with Crippen LogP contribution >= 0.6 is 0 Å². The Morgan fingerprint density at radius 1 is 1.11 bits per heavy atom. The van der Waals surface area contributed by atoms with E-state index >= 15 is 0 Å². The molecule has 0 atom stereocenters. The highest BCUT2D eigenvalue weighted by atomic mass is 16.6. The zero-order valence-electron chi connectivity index (χ0n) is 20.9. The number of hydrogen-bond acceptors (Lipinski definition) is 8. The van der Waals surface area contributed by atoms with Gasteiger partial charge in [0.15, 0.2) is 0 Å². The number of carbonyl (C=O) groups is 2. The van der Waals surface area contributed by atoms with Crippen LogP contribution in [0, 0.1) is 17.0 Å². The summed E-state index contributed by atoms with van der Waals surface area (Å²) in [4.78, 5) is 40.8. The van der Waals surface area contributed by atoms with Gasteiger partial charge in [0.2, 0.25) is 0 Å². The molecule has 0 unspecified atom stereocenters. The summed E-state index contributed by atoms with van der Waals surface area (Å²) >= 11 is 0. The number of fused-ring (bicyclic) bond motifs is 2. The number of furan rings is 1. The fourth-order valence-corrected chi connectivity index (χ4v) is 4.74. The van der Waals surface area contributed by atoms with Crippen molar-refractivity contribution in [3.63, 3.8) is 0 Å². The van der Waals surface area contributed by atoms with Gasteiger partial charge in [-0.3, -0.25) is 10.1 Å². The molecular formula is C29H24N2O7. The van der Waals surface area contributed by atoms with Crippen LogP contribution in [0.2, 0.25) is 0 Å². The minimum absolute atomic E-state index is 0.0239. The van der Waals surface area contributed by atoms with Crippen LogP contribution in [0.15, 0.2) is 59.0 Å². The van der Waals surface area contributed by atoms with Crippen molar-refractivity contribution in [2.75, 3.05) is 7.11 Å². The summed E-state index contributed by atoms with van der Waals surface area (Å²) in [6.45, 7) is 1.50. The predicted octanol–water partition coefficient (Wildman–Crippen LogP) is 6.06. The first-order valence-electron chi connectivity index (χ1n) is 12.1. The Kier molecular flexibility index (Phi) is 6.74. The van der Waals surface area contributed by atoms with Crippen molar-refractivity contribution >= 4 is 40.2 Å². The number of allylic oxidation sites excluding steroid dienone is 1. The second kappa shape index (κ2) is 10.3. The molecule has 2 aromatic carbocycles. The number of non-ortho nitro benzene ring substituents is 1. The van der Waals surface area contributed by atoms with Gasteiger partial charge in [-0.05, 0) is 73.2 Å². The lowest BCUT2D eigenvalue weighted by molar-refractivity contribution is -0.384. The van der Waals surface area contributed by atoms with Gasteiger partial charge in [-0.2, -0.15) is 0 Å². The summed E-state index contributed by atoms with van der Waals surface area (Å²) in [6.07, 6.45) is 4.18. The number of aryl methyl sites for hydroxylation is 1. The lowest BCUT2D eigenvalue weighted by atomic mass is 9.86. The summed E-state index contributed by atoms with van der Waals surface area (Å²) in [6, 6.07) is 15.3. The number of para-hydroxylation sites is 1. The third-order valence-electron chi connectivity index (χ3n) is 6.54. The normalized spacial score (nSPS) is 13.8. The molecule has 0 saturated carbocycles. The van der Waals surface area contributed by atoms with E-state index in [2.05, 4.69) is 0 Å². The molecule has 0 N–H and O–H groups in total. The van der Waals surface area contributed by atoms with E-state index in [4.69, 9.17) is 18.9 Å². The Balaban J connectivity index is 1.51. The predicted molar refractivity (Wildman–Crippen MR) is 140 cm³/mol. The van der Waals surface area contributed by atoms with Crippen molar-refractivity contribution in [1.29, 1.82) is 0 Å². The van der Waals surface area contributed by atoms with Gasteiger partial charge in [-0.1, -0.05) is 18.2 Å². The van der Waals surface area contributed by atoms with Gasteiger partial charge in [0.1, 0.15) is 23.7 Å². The SMILES string of the molecule is COC(=O)c1cc(COC(=O)c2c3c(nc4ccccc24)C(=Cc2ccc([N+](=O)[O-])cc2)CCC3)oc1C. The van der Waals surface area contributed by atoms with E-state index in [0.717, 1.165) is 35.2 Å². The van der Waals surface area contributed by atoms with Gasteiger partial charge in [-0.15, -0.1) is 0 Å². The molecule has 5 rings (SSSR count). The second-order valence-electron chi connectivity index (χ2n) is 8.95. The maximum atomic E-state index is 13.5. The molecule has 2 heterocycles. The second-order valence-corrected chi connectivity index (χ2v) is 8.95. The summed E-state index contributed by atoms with van der Waals surface area (Å²) in [5.74, 6) is -0.312. The monoisotopic (exact) mass is 512 g/mol. The Morgan fingerprint density at radius 2 is 1.87 bits per heavy atom. The van der Waals surface area contributed by atoms with Gasteiger partial charge in [0, 0.05) is 17.5 Å². The smallest absolute Gasteiger partial charge is 0.341 e. The first kappa shape index (κ1) is 24.9. The number of nitrogens with zero attached hydrogens (tertiary/aromatic N) is 2. The maximum absolute atomic E-state index is 13.5. The quantitative estimate of drug-likeness (QED) is 0.173. The van der Waals surface area contributed by atoms with Crippen LogP contribution in [-0.4, -0.2) is 29.0 Å². The van der Waals surface area contributed by atoms with E-state index in [1.54, 1.807) is 19.1 Å². The molecule has 0 aliphatic heterocycles. The summed E-state index contributed by atoms with van der Waals surface area (Å²) < 4.78 is 16.0. The molecule has 0 spiro atoms. The lowest BCUT2D eigenvalue weighted by Gasteiger charge is -2.22. The van der Waals surface area contributed by atoms with E-state index < -0.39 is 16.9 Å². The highest BCUT2D eigenvalue weighted by Crippen LogP contribution is 2.36. The van der Waals surface area contributed by atoms with Crippen molar-refractivity contribution in [3.8, 4) is 0 Å². The van der Waals surface area contributed by atoms with Crippen LogP contribution in [0.5, 0.6) is 0 Å². The van der Waals surface area contributed by atoms with E-state index in [9.17, 15) is 19.7 Å². The van der Waals surface area contributed by atoms with E-state index in [1.807, 2.05) is 30.3 Å². The third-order valence-corrected chi connectivity index (χ3v) is 6.54. The van der Waals surface area contributed by atoms with Gasteiger partial charge in [0.05, 0.1) is 28.8 Å².